The molecule has 1 saturated carbocycles. The maximum atomic E-state index is 12.2. The van der Waals surface area contributed by atoms with Gasteiger partial charge in [-0.15, -0.1) is 0 Å². The average molecular weight is 346 g/mol. The van der Waals surface area contributed by atoms with E-state index >= 15 is 0 Å². The van der Waals surface area contributed by atoms with Crippen LogP contribution in [-0.4, -0.2) is 55.2 Å². The Kier molecular flexibility index (Phi) is 5.67. The first kappa shape index (κ1) is 18.2. The molecule has 0 radical (unpaired) electrons. The maximum absolute atomic E-state index is 12.2. The SMILES string of the molecule is CC(C)C(CNS(=O)(=O)C1CN(C(=O)C2CCCC2)C1)C(=O)O. The molecule has 8 heteroatoms. The third-order valence-corrected chi connectivity index (χ3v) is 6.67. The van der Waals surface area contributed by atoms with Crippen LogP contribution in [-0.2, 0) is 19.6 Å². The molecule has 1 saturated heterocycles. The van der Waals surface area contributed by atoms with Crippen LogP contribution in [0.3, 0.4) is 0 Å². The van der Waals surface area contributed by atoms with Crippen molar-refractivity contribution in [3.05, 3.63) is 0 Å². The van der Waals surface area contributed by atoms with E-state index in [-0.39, 0.29) is 37.4 Å². The highest BCUT2D eigenvalue weighted by Gasteiger charge is 2.42. The van der Waals surface area contributed by atoms with Gasteiger partial charge in [-0.1, -0.05) is 26.7 Å². The molecule has 2 N–H and O–H groups in total. The zero-order chi connectivity index (χ0) is 17.2. The van der Waals surface area contributed by atoms with Crippen LogP contribution in [0.4, 0.5) is 0 Å². The van der Waals surface area contributed by atoms with Crippen LogP contribution in [0.25, 0.3) is 0 Å². The van der Waals surface area contributed by atoms with Gasteiger partial charge in [-0.05, 0) is 18.8 Å². The second-order valence-corrected chi connectivity index (χ2v) is 8.97. The van der Waals surface area contributed by atoms with Crippen molar-refractivity contribution in [2.75, 3.05) is 19.6 Å². The van der Waals surface area contributed by atoms with Gasteiger partial charge in [0.15, 0.2) is 0 Å². The molecule has 2 aliphatic rings. The number of nitrogens with one attached hydrogen (secondary N) is 1. The van der Waals surface area contributed by atoms with Crippen LogP contribution < -0.4 is 4.72 Å². The number of carbonyl (C=O) groups is 2. The second-order valence-electron chi connectivity index (χ2n) is 6.93. The van der Waals surface area contributed by atoms with Gasteiger partial charge in [-0.2, -0.15) is 0 Å². The summed E-state index contributed by atoms with van der Waals surface area (Å²) in [6.07, 6.45) is 3.94. The Morgan fingerprint density at radius 2 is 1.78 bits per heavy atom. The molecule has 0 aromatic carbocycles. The van der Waals surface area contributed by atoms with Crippen LogP contribution in [0.1, 0.15) is 39.5 Å². The molecule has 7 nitrogen and oxygen atoms in total. The molecule has 1 unspecified atom stereocenters. The topological polar surface area (TPSA) is 104 Å². The van der Waals surface area contributed by atoms with Crippen molar-refractivity contribution in [1.82, 2.24) is 9.62 Å². The summed E-state index contributed by atoms with van der Waals surface area (Å²) < 4.78 is 26.8. The first-order valence-corrected chi connectivity index (χ1v) is 9.77. The molecule has 0 spiro atoms. The Balaban J connectivity index is 1.83. The predicted molar refractivity (Wildman–Crippen MR) is 85.2 cm³/mol. The van der Waals surface area contributed by atoms with Gasteiger partial charge in [0.1, 0.15) is 5.25 Å². The standard InChI is InChI=1S/C15H26N2O5S/c1-10(2)13(15(19)20)7-16-23(21,22)12-8-17(9-12)14(18)11-5-3-4-6-11/h10-13,16H,3-9H2,1-2H3,(H,19,20). The molecular weight excluding hydrogens is 320 g/mol. The van der Waals surface area contributed by atoms with Crippen LogP contribution in [0.2, 0.25) is 0 Å². The number of amides is 1. The summed E-state index contributed by atoms with van der Waals surface area (Å²) in [7, 11) is -3.58. The number of nitrogens with zero attached hydrogens (tertiary/aromatic N) is 1. The number of hydrogen-bond donors (Lipinski definition) is 2. The second kappa shape index (κ2) is 7.17. The lowest BCUT2D eigenvalue weighted by molar-refractivity contribution is -0.143. The molecule has 2 fully saturated rings. The molecule has 1 aliphatic heterocycles. The Morgan fingerprint density at radius 1 is 1.22 bits per heavy atom. The van der Waals surface area contributed by atoms with Crippen LogP contribution in [0, 0.1) is 17.8 Å². The molecule has 132 valence electrons. The molecule has 0 aromatic heterocycles. The number of carboxylic acids is 1. The lowest BCUT2D eigenvalue weighted by Gasteiger charge is -2.40. The summed E-state index contributed by atoms with van der Waals surface area (Å²) >= 11 is 0. The minimum Gasteiger partial charge on any atom is -0.481 e. The third-order valence-electron chi connectivity index (χ3n) is 4.93. The molecule has 23 heavy (non-hydrogen) atoms. The highest BCUT2D eigenvalue weighted by atomic mass is 32.2. The number of hydrogen-bond acceptors (Lipinski definition) is 4. The van der Waals surface area contributed by atoms with E-state index in [2.05, 4.69) is 4.72 Å². The summed E-state index contributed by atoms with van der Waals surface area (Å²) in [6.45, 7) is 3.81. The summed E-state index contributed by atoms with van der Waals surface area (Å²) in [5, 5.41) is 8.47. The Bertz CT molecular complexity index is 548. The van der Waals surface area contributed by atoms with Crippen molar-refractivity contribution in [3.63, 3.8) is 0 Å². The van der Waals surface area contributed by atoms with Crippen molar-refractivity contribution in [3.8, 4) is 0 Å². The quantitative estimate of drug-likeness (QED) is 0.705. The van der Waals surface area contributed by atoms with Crippen molar-refractivity contribution < 1.29 is 23.1 Å². The van der Waals surface area contributed by atoms with Crippen molar-refractivity contribution in [1.29, 1.82) is 0 Å². The lowest BCUT2D eigenvalue weighted by atomic mass is 9.97. The van der Waals surface area contributed by atoms with E-state index in [1.165, 1.54) is 0 Å². The molecule has 2 rings (SSSR count). The zero-order valence-electron chi connectivity index (χ0n) is 13.7. The van der Waals surface area contributed by atoms with Crippen LogP contribution >= 0.6 is 0 Å². The van der Waals surface area contributed by atoms with Crippen molar-refractivity contribution in [2.45, 2.75) is 44.8 Å². The van der Waals surface area contributed by atoms with E-state index in [4.69, 9.17) is 5.11 Å². The van der Waals surface area contributed by atoms with E-state index in [9.17, 15) is 18.0 Å². The van der Waals surface area contributed by atoms with Gasteiger partial charge in [-0.25, -0.2) is 13.1 Å². The summed E-state index contributed by atoms with van der Waals surface area (Å²) in [6, 6.07) is 0. The van der Waals surface area contributed by atoms with Gasteiger partial charge >= 0.3 is 5.97 Å². The number of aliphatic carboxylic acids is 1. The average Bonchev–Trinajstić information content (AvgIpc) is 2.88. The third kappa shape index (κ3) is 4.23. The highest BCUT2D eigenvalue weighted by Crippen LogP contribution is 2.29. The van der Waals surface area contributed by atoms with Gasteiger partial charge < -0.3 is 10.0 Å². The Morgan fingerprint density at radius 3 is 2.26 bits per heavy atom. The molecule has 0 aromatic rings. The zero-order valence-corrected chi connectivity index (χ0v) is 14.5. The van der Waals surface area contributed by atoms with Gasteiger partial charge in [0.25, 0.3) is 0 Å². The van der Waals surface area contributed by atoms with Gasteiger partial charge in [0, 0.05) is 25.6 Å². The monoisotopic (exact) mass is 346 g/mol. The Hall–Kier alpha value is -1.15. The molecule has 1 heterocycles. The van der Waals surface area contributed by atoms with E-state index < -0.39 is 27.2 Å². The van der Waals surface area contributed by atoms with Gasteiger partial charge in [0.2, 0.25) is 15.9 Å². The number of carboxylic acid groups (broad SMARTS) is 1. The minimum atomic E-state index is -3.58. The van der Waals surface area contributed by atoms with Crippen LogP contribution in [0.15, 0.2) is 0 Å². The summed E-state index contributed by atoms with van der Waals surface area (Å²) in [5.74, 6) is -1.78. The lowest BCUT2D eigenvalue weighted by Crippen LogP contribution is -2.60. The molecule has 0 bridgehead atoms. The van der Waals surface area contributed by atoms with Gasteiger partial charge in [0.05, 0.1) is 5.92 Å². The fourth-order valence-electron chi connectivity index (χ4n) is 3.18. The highest BCUT2D eigenvalue weighted by molar-refractivity contribution is 7.90. The van der Waals surface area contributed by atoms with Crippen molar-refractivity contribution in [2.24, 2.45) is 17.8 Å². The smallest absolute Gasteiger partial charge is 0.308 e. The number of sulfonamides is 1. The Labute approximate surface area is 137 Å². The predicted octanol–water partition coefficient (Wildman–Crippen LogP) is 0.664. The van der Waals surface area contributed by atoms with E-state index in [0.29, 0.717) is 0 Å². The van der Waals surface area contributed by atoms with Crippen molar-refractivity contribution >= 4 is 21.9 Å². The fourth-order valence-corrected chi connectivity index (χ4v) is 4.58. The summed E-state index contributed by atoms with van der Waals surface area (Å²) in [5.41, 5.74) is 0. The largest absolute Gasteiger partial charge is 0.481 e. The molecule has 1 atom stereocenters. The number of carbonyl (C=O) groups excluding carboxylic acids is 1. The normalized spacial score (nSPS) is 21.4. The molecule has 1 amide bonds. The number of likely N-dealkylation sites (tertiary alicyclic amines) is 1. The van der Waals surface area contributed by atoms with E-state index in [0.717, 1.165) is 25.7 Å². The first-order valence-electron chi connectivity index (χ1n) is 8.22. The van der Waals surface area contributed by atoms with E-state index in [1.807, 2.05) is 0 Å². The van der Waals surface area contributed by atoms with E-state index in [1.54, 1.807) is 18.7 Å². The van der Waals surface area contributed by atoms with Gasteiger partial charge in [-0.3, -0.25) is 9.59 Å². The maximum Gasteiger partial charge on any atom is 0.308 e. The minimum absolute atomic E-state index is 0.0592. The molecule has 1 aliphatic carbocycles. The first-order chi connectivity index (χ1) is 10.7. The van der Waals surface area contributed by atoms with Crippen LogP contribution in [0.5, 0.6) is 0 Å². The number of rotatable bonds is 7. The molecular formula is C15H26N2O5S. The fraction of sp³-hybridized carbons (Fsp3) is 0.867. The summed E-state index contributed by atoms with van der Waals surface area (Å²) in [4.78, 5) is 24.9.